The summed E-state index contributed by atoms with van der Waals surface area (Å²) in [4.78, 5) is 3.75. The van der Waals surface area contributed by atoms with Crippen LogP contribution in [0, 0.1) is 0 Å². The number of hydrogen-bond acceptors (Lipinski definition) is 3. The standard InChI is InChI=1S/C4H10O.CH5NO/c1-3-4-5-2;1-3-2/h3-4H2,1-2H3;2H2,1H3. The molecule has 0 atom stereocenters. The summed E-state index contributed by atoms with van der Waals surface area (Å²) in [6.07, 6.45) is 1.12. The maximum atomic E-state index is 4.69. The van der Waals surface area contributed by atoms with Crippen molar-refractivity contribution in [3.8, 4) is 0 Å². The fraction of sp³-hybridized carbons (Fsp3) is 1.00. The monoisotopic (exact) mass is 121 g/mol. The van der Waals surface area contributed by atoms with Gasteiger partial charge in [0.15, 0.2) is 0 Å². The molecule has 0 saturated carbocycles. The highest BCUT2D eigenvalue weighted by atomic mass is 16.6. The van der Waals surface area contributed by atoms with Gasteiger partial charge in [-0.3, -0.25) is 0 Å². The van der Waals surface area contributed by atoms with Gasteiger partial charge in [0.1, 0.15) is 0 Å². The molecule has 0 saturated heterocycles. The fourth-order valence-corrected chi connectivity index (χ4v) is 0.204. The second-order valence-electron chi connectivity index (χ2n) is 1.23. The number of methoxy groups -OCH3 is 1. The van der Waals surface area contributed by atoms with E-state index in [0.717, 1.165) is 13.0 Å². The van der Waals surface area contributed by atoms with E-state index in [4.69, 9.17) is 4.74 Å². The van der Waals surface area contributed by atoms with Gasteiger partial charge in [-0.2, -0.15) is 0 Å². The van der Waals surface area contributed by atoms with Gasteiger partial charge in [-0.15, -0.1) is 0 Å². The Morgan fingerprint density at radius 2 is 1.75 bits per heavy atom. The predicted octanol–water partition coefficient (Wildman–Crippen LogP) is 0.549. The Balaban J connectivity index is 0. The molecule has 0 aromatic carbocycles. The fourth-order valence-electron chi connectivity index (χ4n) is 0.204. The molecule has 52 valence electrons. The van der Waals surface area contributed by atoms with Crippen molar-refractivity contribution in [1.82, 2.24) is 0 Å². The number of hydrogen-bond donors (Lipinski definition) is 1. The largest absolute Gasteiger partial charge is 0.385 e. The quantitative estimate of drug-likeness (QED) is 0.542. The lowest BCUT2D eigenvalue weighted by Crippen LogP contribution is -1.86. The maximum Gasteiger partial charge on any atom is 0.0569 e. The molecule has 3 nitrogen and oxygen atoms in total. The van der Waals surface area contributed by atoms with E-state index in [9.17, 15) is 0 Å². The Kier molecular flexibility index (Phi) is 21.3. The van der Waals surface area contributed by atoms with Gasteiger partial charge in [0.25, 0.3) is 0 Å². The first kappa shape index (κ1) is 10.8. The lowest BCUT2D eigenvalue weighted by Gasteiger charge is -1.84. The molecule has 0 aromatic rings. The average molecular weight is 121 g/mol. The second-order valence-corrected chi connectivity index (χ2v) is 1.23. The van der Waals surface area contributed by atoms with Crippen molar-refractivity contribution >= 4 is 0 Å². The van der Waals surface area contributed by atoms with Crippen molar-refractivity contribution in [2.45, 2.75) is 13.3 Å². The van der Waals surface area contributed by atoms with Crippen molar-refractivity contribution in [1.29, 1.82) is 0 Å². The summed E-state index contributed by atoms with van der Waals surface area (Å²) in [5, 5.41) is 0. The predicted molar refractivity (Wildman–Crippen MR) is 33.4 cm³/mol. The SMILES string of the molecule is CCCOC.CON. The molecule has 0 aliphatic heterocycles. The molecular weight excluding hydrogens is 106 g/mol. The van der Waals surface area contributed by atoms with E-state index in [2.05, 4.69) is 17.7 Å². The lowest BCUT2D eigenvalue weighted by atomic mass is 10.5. The van der Waals surface area contributed by atoms with Crippen LogP contribution in [0.5, 0.6) is 0 Å². The van der Waals surface area contributed by atoms with E-state index in [-0.39, 0.29) is 0 Å². The van der Waals surface area contributed by atoms with Gasteiger partial charge in [-0.05, 0) is 6.42 Å². The maximum absolute atomic E-state index is 4.69. The van der Waals surface area contributed by atoms with Crippen LogP contribution in [-0.2, 0) is 9.57 Å². The summed E-state index contributed by atoms with van der Waals surface area (Å²) < 4.78 is 4.69. The Bertz CT molecular complexity index is 24.4. The molecule has 0 bridgehead atoms. The molecular formula is C5H15NO2. The molecule has 0 radical (unpaired) electrons. The smallest absolute Gasteiger partial charge is 0.0569 e. The van der Waals surface area contributed by atoms with E-state index in [0.29, 0.717) is 0 Å². The van der Waals surface area contributed by atoms with Gasteiger partial charge < -0.3 is 9.57 Å². The number of ether oxygens (including phenoxy) is 1. The Morgan fingerprint density at radius 3 is 1.75 bits per heavy atom. The van der Waals surface area contributed by atoms with Crippen molar-refractivity contribution in [2.24, 2.45) is 5.90 Å². The van der Waals surface area contributed by atoms with Crippen molar-refractivity contribution < 1.29 is 9.57 Å². The molecule has 0 unspecified atom stereocenters. The Labute approximate surface area is 50.7 Å². The minimum atomic E-state index is 0.889. The third-order valence-electron chi connectivity index (χ3n) is 0.408. The average Bonchev–Trinajstić information content (AvgIpc) is 1.71. The van der Waals surface area contributed by atoms with Gasteiger partial charge in [-0.1, -0.05) is 6.92 Å². The molecule has 0 rings (SSSR count). The van der Waals surface area contributed by atoms with Gasteiger partial charge in [0.05, 0.1) is 7.11 Å². The summed E-state index contributed by atoms with van der Waals surface area (Å²) in [6.45, 7) is 2.98. The van der Waals surface area contributed by atoms with Gasteiger partial charge in [-0.25, -0.2) is 5.90 Å². The molecule has 0 heterocycles. The first-order chi connectivity index (χ1) is 3.83. The molecule has 0 spiro atoms. The lowest BCUT2D eigenvalue weighted by molar-refractivity contribution is 0.199. The third-order valence-corrected chi connectivity index (χ3v) is 0.408. The zero-order chi connectivity index (χ0) is 6.83. The minimum Gasteiger partial charge on any atom is -0.385 e. The number of nitrogens with two attached hydrogens (primary N) is 1. The molecule has 0 aliphatic carbocycles. The first-order valence-corrected chi connectivity index (χ1v) is 2.55. The van der Waals surface area contributed by atoms with Crippen LogP contribution < -0.4 is 5.90 Å². The van der Waals surface area contributed by atoms with E-state index in [1.165, 1.54) is 7.11 Å². The summed E-state index contributed by atoms with van der Waals surface area (Å²) in [5.74, 6) is 4.35. The molecule has 0 aliphatic rings. The van der Waals surface area contributed by atoms with Gasteiger partial charge in [0, 0.05) is 13.7 Å². The van der Waals surface area contributed by atoms with Crippen LogP contribution in [0.1, 0.15) is 13.3 Å². The van der Waals surface area contributed by atoms with Crippen LogP contribution in [0.2, 0.25) is 0 Å². The Hall–Kier alpha value is -0.120. The van der Waals surface area contributed by atoms with Crippen LogP contribution in [0.3, 0.4) is 0 Å². The van der Waals surface area contributed by atoms with Gasteiger partial charge >= 0.3 is 0 Å². The summed E-state index contributed by atoms with van der Waals surface area (Å²) in [6, 6.07) is 0. The first-order valence-electron chi connectivity index (χ1n) is 2.55. The summed E-state index contributed by atoms with van der Waals surface area (Å²) in [7, 11) is 3.11. The van der Waals surface area contributed by atoms with Crippen molar-refractivity contribution in [3.05, 3.63) is 0 Å². The summed E-state index contributed by atoms with van der Waals surface area (Å²) >= 11 is 0. The summed E-state index contributed by atoms with van der Waals surface area (Å²) in [5.41, 5.74) is 0. The molecule has 0 amide bonds. The highest BCUT2D eigenvalue weighted by Gasteiger charge is 1.66. The van der Waals surface area contributed by atoms with Crippen LogP contribution in [0.15, 0.2) is 0 Å². The van der Waals surface area contributed by atoms with E-state index >= 15 is 0 Å². The zero-order valence-electron chi connectivity index (χ0n) is 5.81. The van der Waals surface area contributed by atoms with Crippen LogP contribution >= 0.6 is 0 Å². The molecule has 3 heteroatoms. The number of rotatable bonds is 2. The highest BCUT2D eigenvalue weighted by Crippen LogP contribution is 1.70. The molecule has 2 N–H and O–H groups in total. The van der Waals surface area contributed by atoms with Crippen molar-refractivity contribution in [3.63, 3.8) is 0 Å². The van der Waals surface area contributed by atoms with Crippen molar-refractivity contribution in [2.75, 3.05) is 20.8 Å². The third kappa shape index (κ3) is 39.6. The normalized spacial score (nSPS) is 7.50. The van der Waals surface area contributed by atoms with E-state index in [1.54, 1.807) is 7.11 Å². The van der Waals surface area contributed by atoms with Crippen LogP contribution in [0.4, 0.5) is 0 Å². The minimum absolute atomic E-state index is 0.889. The van der Waals surface area contributed by atoms with E-state index < -0.39 is 0 Å². The zero-order valence-corrected chi connectivity index (χ0v) is 5.81. The molecule has 8 heavy (non-hydrogen) atoms. The van der Waals surface area contributed by atoms with Crippen LogP contribution in [0.25, 0.3) is 0 Å². The highest BCUT2D eigenvalue weighted by molar-refractivity contribution is 4.15. The van der Waals surface area contributed by atoms with Crippen LogP contribution in [-0.4, -0.2) is 20.8 Å². The molecule has 0 aromatic heterocycles. The molecule has 0 fully saturated rings. The van der Waals surface area contributed by atoms with E-state index in [1.807, 2.05) is 0 Å². The van der Waals surface area contributed by atoms with Gasteiger partial charge in [0.2, 0.25) is 0 Å². The topological polar surface area (TPSA) is 44.5 Å². The second kappa shape index (κ2) is 15.8. The Morgan fingerprint density at radius 1 is 1.38 bits per heavy atom.